The third kappa shape index (κ3) is 2.49. The number of esters is 1. The van der Waals surface area contributed by atoms with Gasteiger partial charge in [0.15, 0.2) is 0 Å². The molecule has 0 aromatic heterocycles. The predicted molar refractivity (Wildman–Crippen MR) is 80.0 cm³/mol. The minimum Gasteiger partial charge on any atom is -0.489 e. The van der Waals surface area contributed by atoms with E-state index in [9.17, 15) is 4.79 Å². The molecule has 0 amide bonds. The Morgan fingerprint density at radius 2 is 2.35 bits per heavy atom. The van der Waals surface area contributed by atoms with Crippen molar-refractivity contribution in [2.45, 2.75) is 37.7 Å². The van der Waals surface area contributed by atoms with Crippen molar-refractivity contribution < 1.29 is 14.3 Å². The highest BCUT2D eigenvalue weighted by molar-refractivity contribution is 9.10. The molecule has 1 aliphatic heterocycles. The fraction of sp³-hybridized carbons (Fsp3) is 0.438. The maximum atomic E-state index is 11.2. The lowest BCUT2D eigenvalue weighted by atomic mass is 9.95. The van der Waals surface area contributed by atoms with Crippen LogP contribution in [-0.2, 0) is 16.0 Å². The smallest absolute Gasteiger partial charge is 0.305 e. The molecule has 0 saturated heterocycles. The molecule has 1 aliphatic carbocycles. The van der Waals surface area contributed by atoms with E-state index in [-0.39, 0.29) is 12.1 Å². The summed E-state index contributed by atoms with van der Waals surface area (Å²) in [6, 6.07) is 4.25. The molecule has 2 aliphatic rings. The summed E-state index contributed by atoms with van der Waals surface area (Å²) in [6.07, 6.45) is 7.74. The molecule has 0 radical (unpaired) electrons. The van der Waals surface area contributed by atoms with Gasteiger partial charge in [-0.05, 0) is 30.5 Å². The third-order valence-electron chi connectivity index (χ3n) is 3.95. The summed E-state index contributed by atoms with van der Waals surface area (Å²) >= 11 is 3.58. The van der Waals surface area contributed by atoms with Crippen LogP contribution < -0.4 is 4.74 Å². The highest BCUT2D eigenvalue weighted by atomic mass is 79.9. The van der Waals surface area contributed by atoms with Crippen molar-refractivity contribution in [3.8, 4) is 5.75 Å². The minimum absolute atomic E-state index is 0.155. The molecule has 3 nitrogen and oxygen atoms in total. The van der Waals surface area contributed by atoms with Crippen molar-refractivity contribution in [1.29, 1.82) is 0 Å². The fourth-order valence-corrected chi connectivity index (χ4v) is 3.50. The van der Waals surface area contributed by atoms with Crippen LogP contribution >= 0.6 is 15.9 Å². The molecule has 106 valence electrons. The van der Waals surface area contributed by atoms with Gasteiger partial charge in [-0.15, -0.1) is 0 Å². The number of carbonyl (C=O) groups excluding carboxylic acids is 1. The first-order valence-electron chi connectivity index (χ1n) is 6.91. The topological polar surface area (TPSA) is 35.5 Å². The van der Waals surface area contributed by atoms with Crippen LogP contribution in [-0.4, -0.2) is 19.2 Å². The summed E-state index contributed by atoms with van der Waals surface area (Å²) in [5, 5.41) is 0. The molecule has 0 fully saturated rings. The van der Waals surface area contributed by atoms with Gasteiger partial charge in [0.1, 0.15) is 11.9 Å². The molecule has 2 unspecified atom stereocenters. The van der Waals surface area contributed by atoms with Crippen LogP contribution in [0.25, 0.3) is 0 Å². The van der Waals surface area contributed by atoms with Gasteiger partial charge in [0.25, 0.3) is 0 Å². The van der Waals surface area contributed by atoms with Gasteiger partial charge in [-0.3, -0.25) is 4.79 Å². The van der Waals surface area contributed by atoms with Gasteiger partial charge in [-0.25, -0.2) is 0 Å². The van der Waals surface area contributed by atoms with E-state index in [1.165, 1.54) is 18.2 Å². The van der Waals surface area contributed by atoms with Gasteiger partial charge >= 0.3 is 5.97 Å². The van der Waals surface area contributed by atoms with Crippen LogP contribution in [0.2, 0.25) is 0 Å². The number of ether oxygens (including phenoxy) is 2. The molecular formula is C16H17BrO3. The Morgan fingerprint density at radius 1 is 1.50 bits per heavy atom. The first kappa shape index (κ1) is 13.7. The normalized spacial score (nSPS) is 22.3. The molecule has 0 N–H and O–H groups in total. The average molecular weight is 337 g/mol. The Morgan fingerprint density at radius 3 is 3.15 bits per heavy atom. The van der Waals surface area contributed by atoms with E-state index >= 15 is 0 Å². The molecular weight excluding hydrogens is 320 g/mol. The van der Waals surface area contributed by atoms with Crippen LogP contribution in [0.5, 0.6) is 5.75 Å². The quantitative estimate of drug-likeness (QED) is 0.620. The first-order chi connectivity index (χ1) is 9.69. The fourth-order valence-electron chi connectivity index (χ4n) is 2.98. The zero-order valence-corrected chi connectivity index (χ0v) is 13.0. The SMILES string of the molecule is COC(=O)CCCc1cc(Br)cc2c1OC1CC=CC21. The largest absolute Gasteiger partial charge is 0.489 e. The minimum atomic E-state index is -0.155. The first-order valence-corrected chi connectivity index (χ1v) is 7.71. The van der Waals surface area contributed by atoms with E-state index in [1.54, 1.807) is 0 Å². The summed E-state index contributed by atoms with van der Waals surface area (Å²) in [4.78, 5) is 11.2. The van der Waals surface area contributed by atoms with Crippen molar-refractivity contribution in [3.63, 3.8) is 0 Å². The zero-order valence-electron chi connectivity index (χ0n) is 11.4. The van der Waals surface area contributed by atoms with Crippen LogP contribution in [0.15, 0.2) is 28.8 Å². The van der Waals surface area contributed by atoms with E-state index in [4.69, 9.17) is 4.74 Å². The van der Waals surface area contributed by atoms with E-state index in [0.29, 0.717) is 12.3 Å². The summed E-state index contributed by atoms with van der Waals surface area (Å²) < 4.78 is 11.9. The monoisotopic (exact) mass is 336 g/mol. The van der Waals surface area contributed by atoms with Gasteiger partial charge in [-0.1, -0.05) is 28.1 Å². The lowest BCUT2D eigenvalue weighted by Crippen LogP contribution is -2.11. The molecule has 0 bridgehead atoms. The molecule has 0 saturated carbocycles. The lowest BCUT2D eigenvalue weighted by Gasteiger charge is -2.11. The number of methoxy groups -OCH3 is 1. The van der Waals surface area contributed by atoms with E-state index in [2.05, 4.69) is 45.0 Å². The van der Waals surface area contributed by atoms with Gasteiger partial charge in [0, 0.05) is 28.8 Å². The Hall–Kier alpha value is -1.29. The Labute approximate surface area is 127 Å². The zero-order chi connectivity index (χ0) is 14.1. The van der Waals surface area contributed by atoms with Gasteiger partial charge < -0.3 is 9.47 Å². The molecule has 1 heterocycles. The number of fused-ring (bicyclic) bond motifs is 3. The van der Waals surface area contributed by atoms with Crippen molar-refractivity contribution in [2.75, 3.05) is 7.11 Å². The highest BCUT2D eigenvalue weighted by Crippen LogP contribution is 2.46. The van der Waals surface area contributed by atoms with E-state index in [1.807, 2.05) is 0 Å². The molecule has 2 atom stereocenters. The highest BCUT2D eigenvalue weighted by Gasteiger charge is 2.36. The standard InChI is InChI=1S/C16H17BrO3/c1-19-15(18)7-2-4-10-8-11(17)9-13-12-5-3-6-14(12)20-16(10)13/h3,5,8-9,12,14H,2,4,6-7H2,1H3. The molecule has 3 rings (SSSR count). The number of hydrogen-bond donors (Lipinski definition) is 0. The average Bonchev–Trinajstić information content (AvgIpc) is 3.00. The Bertz CT molecular complexity index is 565. The number of carbonyl (C=O) groups is 1. The molecule has 1 aromatic rings. The second-order valence-corrected chi connectivity index (χ2v) is 6.17. The molecule has 4 heteroatoms. The molecule has 0 spiro atoms. The molecule has 1 aromatic carbocycles. The van der Waals surface area contributed by atoms with Crippen LogP contribution in [0.1, 0.15) is 36.3 Å². The number of hydrogen-bond acceptors (Lipinski definition) is 3. The van der Waals surface area contributed by atoms with Gasteiger partial charge in [-0.2, -0.15) is 0 Å². The van der Waals surface area contributed by atoms with Gasteiger partial charge in [0.2, 0.25) is 0 Å². The Kier molecular flexibility index (Phi) is 3.83. The number of rotatable bonds is 4. The predicted octanol–water partition coefficient (Wildman–Crippen LogP) is 3.75. The number of benzene rings is 1. The van der Waals surface area contributed by atoms with Crippen molar-refractivity contribution in [2.24, 2.45) is 0 Å². The molecule has 20 heavy (non-hydrogen) atoms. The number of halogens is 1. The third-order valence-corrected chi connectivity index (χ3v) is 4.41. The summed E-state index contributed by atoms with van der Waals surface area (Å²) in [7, 11) is 1.43. The van der Waals surface area contributed by atoms with Crippen LogP contribution in [0.4, 0.5) is 0 Å². The van der Waals surface area contributed by atoms with Crippen molar-refractivity contribution >= 4 is 21.9 Å². The Balaban J connectivity index is 1.79. The summed E-state index contributed by atoms with van der Waals surface area (Å²) in [6.45, 7) is 0. The summed E-state index contributed by atoms with van der Waals surface area (Å²) in [5.41, 5.74) is 2.45. The maximum Gasteiger partial charge on any atom is 0.305 e. The second-order valence-electron chi connectivity index (χ2n) is 5.26. The maximum absolute atomic E-state index is 11.2. The van der Waals surface area contributed by atoms with Crippen molar-refractivity contribution in [1.82, 2.24) is 0 Å². The van der Waals surface area contributed by atoms with Crippen LogP contribution in [0, 0.1) is 0 Å². The van der Waals surface area contributed by atoms with E-state index in [0.717, 1.165) is 29.5 Å². The number of aryl methyl sites for hydroxylation is 1. The van der Waals surface area contributed by atoms with E-state index < -0.39 is 0 Å². The van der Waals surface area contributed by atoms with Crippen molar-refractivity contribution in [3.05, 3.63) is 39.9 Å². The van der Waals surface area contributed by atoms with Crippen LogP contribution in [0.3, 0.4) is 0 Å². The summed E-state index contributed by atoms with van der Waals surface area (Å²) in [5.74, 6) is 1.26. The second kappa shape index (κ2) is 5.60. The van der Waals surface area contributed by atoms with Gasteiger partial charge in [0.05, 0.1) is 7.11 Å². The lowest BCUT2D eigenvalue weighted by molar-refractivity contribution is -0.140.